The molecule has 0 saturated carbocycles. The number of ether oxygens (including phenoxy) is 3. The molecule has 0 bridgehead atoms. The van der Waals surface area contributed by atoms with Crippen LogP contribution in [0.1, 0.15) is 41.6 Å². The predicted octanol–water partition coefficient (Wildman–Crippen LogP) is 3.83. The second-order valence-corrected chi connectivity index (χ2v) is 13.2. The molecule has 2 aliphatic rings. The molecule has 4 heterocycles. The maximum atomic E-state index is 13.4. The first kappa shape index (κ1) is 33.6. The third kappa shape index (κ3) is 7.41. The third-order valence-corrected chi connectivity index (χ3v) is 9.23. The highest BCUT2D eigenvalue weighted by Crippen LogP contribution is 2.47. The molecular formula is C29H31ClN7O10P. The second kappa shape index (κ2) is 14.5. The van der Waals surface area contributed by atoms with Gasteiger partial charge in [-0.3, -0.25) is 9.09 Å². The van der Waals surface area contributed by atoms with Crippen LogP contribution in [0.15, 0.2) is 48.5 Å². The normalized spacial score (nSPS) is 21.5. The largest absolute Gasteiger partial charge is 0.448 e. The molecule has 2 saturated heterocycles. The Hall–Kier alpha value is -4.25. The zero-order chi connectivity index (χ0) is 33.8. The second-order valence-electron chi connectivity index (χ2n) is 11.1. The Balaban J connectivity index is 1.15. The summed E-state index contributed by atoms with van der Waals surface area (Å²) in [5.74, 6) is 0.0616. The summed E-state index contributed by atoms with van der Waals surface area (Å²) in [6.07, 6.45) is -2.56. The van der Waals surface area contributed by atoms with Gasteiger partial charge >= 0.3 is 13.6 Å². The third-order valence-electron chi connectivity index (χ3n) is 7.91. The van der Waals surface area contributed by atoms with Gasteiger partial charge in [0.15, 0.2) is 23.3 Å². The molecule has 0 spiro atoms. The molecule has 5 atom stereocenters. The minimum absolute atomic E-state index is 0.0718. The van der Waals surface area contributed by atoms with Crippen molar-refractivity contribution >= 4 is 25.2 Å². The van der Waals surface area contributed by atoms with Crippen LogP contribution in [0.25, 0.3) is 22.5 Å². The van der Waals surface area contributed by atoms with E-state index in [1.165, 1.54) is 0 Å². The highest BCUT2D eigenvalue weighted by molar-refractivity contribution is 7.52. The number of unbranched alkanes of at least 4 members (excludes halogenated alkanes) is 1. The lowest BCUT2D eigenvalue weighted by Crippen LogP contribution is -2.34. The molecule has 4 aromatic rings. The van der Waals surface area contributed by atoms with Crippen molar-refractivity contribution in [3.63, 3.8) is 0 Å². The first-order chi connectivity index (χ1) is 23.1. The molecule has 0 radical (unpaired) electrons. The highest BCUT2D eigenvalue weighted by Gasteiger charge is 2.51. The molecule has 2 aliphatic heterocycles. The van der Waals surface area contributed by atoms with E-state index in [9.17, 15) is 24.4 Å². The Bertz CT molecular complexity index is 1810. The number of aromatic amines is 1. The summed E-state index contributed by atoms with van der Waals surface area (Å²) >= 11 is 6.45. The van der Waals surface area contributed by atoms with Crippen LogP contribution in [-0.2, 0) is 41.1 Å². The minimum atomic E-state index is -4.54. The maximum absolute atomic E-state index is 13.4. The fourth-order valence-electron chi connectivity index (χ4n) is 5.71. The zero-order valence-electron chi connectivity index (χ0n) is 25.5. The SMILES string of the molecule is CCCCc1nc(Cl)c(C(=O)OCP(=O)(O)O[C@H]2CO[C@H]3[C@H]2OC[C@H]3O[N+](=O)[O-])n1Cc1ccc(-c2ccccc2-c2nn[nH]n2)cc1. The van der Waals surface area contributed by atoms with E-state index in [4.69, 9.17) is 30.3 Å². The number of nitrogens with zero attached hydrogens (tertiary/aromatic N) is 6. The number of fused-ring (bicyclic) bond motifs is 1. The monoisotopic (exact) mass is 703 g/mol. The number of aromatic nitrogens is 6. The molecular weight excluding hydrogens is 673 g/mol. The number of halogens is 1. The van der Waals surface area contributed by atoms with E-state index in [-0.39, 0.29) is 30.6 Å². The lowest BCUT2D eigenvalue weighted by molar-refractivity contribution is -0.769. The number of hydrogen-bond acceptors (Lipinski definition) is 13. The molecule has 17 nitrogen and oxygen atoms in total. The quantitative estimate of drug-likeness (QED) is 0.0826. The lowest BCUT2D eigenvalue weighted by atomic mass is 9.98. The van der Waals surface area contributed by atoms with Gasteiger partial charge in [0.05, 0.1) is 13.2 Å². The average molecular weight is 704 g/mol. The summed E-state index contributed by atoms with van der Waals surface area (Å²) in [5.41, 5.74) is 3.39. The van der Waals surface area contributed by atoms with Crippen molar-refractivity contribution in [2.24, 2.45) is 0 Å². The fourth-order valence-corrected chi connectivity index (χ4v) is 6.93. The summed E-state index contributed by atoms with van der Waals surface area (Å²) in [7, 11) is -4.54. The van der Waals surface area contributed by atoms with Crippen molar-refractivity contribution in [1.29, 1.82) is 0 Å². The Morgan fingerprint density at radius 2 is 1.85 bits per heavy atom. The van der Waals surface area contributed by atoms with Gasteiger partial charge in [0.2, 0.25) is 5.82 Å². The molecule has 2 aromatic heterocycles. The van der Waals surface area contributed by atoms with Gasteiger partial charge in [-0.15, -0.1) is 20.3 Å². The number of esters is 1. The number of nitrogens with one attached hydrogen (secondary N) is 1. The molecule has 2 N–H and O–H groups in total. The van der Waals surface area contributed by atoms with E-state index in [1.54, 1.807) is 4.57 Å². The van der Waals surface area contributed by atoms with Gasteiger partial charge in [0.25, 0.3) is 5.09 Å². The molecule has 2 fully saturated rings. The summed E-state index contributed by atoms with van der Waals surface area (Å²) in [5, 5.41) is 24.0. The number of benzene rings is 2. The smallest absolute Gasteiger partial charge is 0.365 e. The zero-order valence-corrected chi connectivity index (χ0v) is 27.2. The Labute approximate surface area is 278 Å². The van der Waals surface area contributed by atoms with Gasteiger partial charge in [-0.05, 0) is 28.3 Å². The van der Waals surface area contributed by atoms with Crippen LogP contribution in [-0.4, -0.2) is 90.1 Å². The standard InChI is InChI=1S/C29H31ClN7O10P/c1-2-3-8-23-31-27(30)24(29(38)45-16-48(41,42)47-22-15-44-25-21(46-37(39)40)14-43-26(22)25)36(23)13-17-9-11-18(12-10-17)19-6-4-5-7-20(19)28-32-34-35-33-28/h4-7,9-12,21-22,25-26H,2-3,8,13-16H2,1H3,(H,41,42)(H,32,33,34,35)/t21-,22+,25-,26+/m1/s1. The Kier molecular flexibility index (Phi) is 10.1. The van der Waals surface area contributed by atoms with Crippen molar-refractivity contribution < 1.29 is 42.9 Å². The molecule has 2 aromatic carbocycles. The van der Waals surface area contributed by atoms with Crippen LogP contribution < -0.4 is 0 Å². The first-order valence-electron chi connectivity index (χ1n) is 15.0. The summed E-state index contributed by atoms with van der Waals surface area (Å²) in [6, 6.07) is 15.4. The maximum Gasteiger partial charge on any atom is 0.365 e. The minimum Gasteiger partial charge on any atom is -0.448 e. The molecule has 1 unspecified atom stereocenters. The van der Waals surface area contributed by atoms with Crippen molar-refractivity contribution in [2.75, 3.05) is 19.6 Å². The number of rotatable bonds is 14. The first-order valence-corrected chi connectivity index (χ1v) is 17.2. The number of tetrazole rings is 1. The lowest BCUT2D eigenvalue weighted by Gasteiger charge is -2.20. The van der Waals surface area contributed by atoms with Gasteiger partial charge in [-0.2, -0.15) is 5.21 Å². The Morgan fingerprint density at radius 3 is 2.54 bits per heavy atom. The number of aryl methyl sites for hydroxylation is 1. The van der Waals surface area contributed by atoms with E-state index in [0.717, 1.165) is 35.1 Å². The van der Waals surface area contributed by atoms with Crippen molar-refractivity contribution in [3.05, 3.63) is 80.9 Å². The topological polar surface area (TPSA) is 216 Å². The number of hydrogen-bond donors (Lipinski definition) is 2. The highest BCUT2D eigenvalue weighted by atomic mass is 35.5. The van der Waals surface area contributed by atoms with Crippen molar-refractivity contribution in [2.45, 2.75) is 57.1 Å². The number of H-pyrrole nitrogens is 1. The molecule has 48 heavy (non-hydrogen) atoms. The predicted molar refractivity (Wildman–Crippen MR) is 166 cm³/mol. The van der Waals surface area contributed by atoms with E-state index in [2.05, 4.69) is 30.4 Å². The van der Waals surface area contributed by atoms with E-state index in [0.29, 0.717) is 18.1 Å². The summed E-state index contributed by atoms with van der Waals surface area (Å²) in [4.78, 5) is 43.6. The van der Waals surface area contributed by atoms with Gasteiger partial charge in [-0.25, -0.2) is 9.78 Å². The van der Waals surface area contributed by atoms with E-state index >= 15 is 0 Å². The van der Waals surface area contributed by atoms with E-state index < -0.39 is 49.4 Å². The van der Waals surface area contributed by atoms with Crippen LogP contribution >= 0.6 is 19.2 Å². The number of carbonyl (C=O) groups is 1. The summed E-state index contributed by atoms with van der Waals surface area (Å²) < 4.78 is 36.1. The molecule has 6 rings (SSSR count). The molecule has 19 heteroatoms. The van der Waals surface area contributed by atoms with E-state index in [1.807, 2.05) is 55.5 Å². The molecule has 0 aliphatic carbocycles. The van der Waals surface area contributed by atoms with Gasteiger partial charge in [0, 0.05) is 18.5 Å². The van der Waals surface area contributed by atoms with Crippen LogP contribution in [0.4, 0.5) is 0 Å². The van der Waals surface area contributed by atoms with Crippen LogP contribution in [0, 0.1) is 10.1 Å². The van der Waals surface area contributed by atoms with Crippen molar-refractivity contribution in [3.8, 4) is 22.5 Å². The fraction of sp³-hybridized carbons (Fsp3) is 0.414. The van der Waals surface area contributed by atoms with Crippen molar-refractivity contribution in [1.82, 2.24) is 30.2 Å². The van der Waals surface area contributed by atoms with Gasteiger partial charge < -0.3 is 28.5 Å². The van der Waals surface area contributed by atoms with Crippen LogP contribution in [0.2, 0.25) is 5.15 Å². The van der Waals surface area contributed by atoms with Gasteiger partial charge in [-0.1, -0.05) is 73.5 Å². The van der Waals surface area contributed by atoms with Gasteiger partial charge in [0.1, 0.15) is 24.1 Å². The van der Waals surface area contributed by atoms with Crippen LogP contribution in [0.5, 0.6) is 0 Å². The average Bonchev–Trinajstić information content (AvgIpc) is 3.87. The van der Waals surface area contributed by atoms with Crippen LogP contribution in [0.3, 0.4) is 0 Å². The molecule has 0 amide bonds. The molecule has 254 valence electrons. The Morgan fingerprint density at radius 1 is 1.15 bits per heavy atom. The summed E-state index contributed by atoms with van der Waals surface area (Å²) in [6.45, 7) is 1.92. The number of imidazole rings is 1. The number of carbonyl (C=O) groups excluding carboxylic acids is 1.